The summed E-state index contributed by atoms with van der Waals surface area (Å²) >= 11 is 0. The minimum Gasteiger partial charge on any atom is -0.395 e. The standard InChI is InChI=1S/C23H40N6O6/c1-2-3-5-10-15-18(29(28-26-15)12-16-20(32)21(33)17(13-30)25-16)11-24-27-23(35)22(34)19(31)14-8-6-4-7-9-14/h11,14,16-17,19-22,25,30-34H,2-10,12-13H2,1H3,(H,27,35)/b24-11+/t16-,17-,19-,20-,21-,22+/m1/s1. The first-order valence-electron chi connectivity index (χ1n) is 12.7. The summed E-state index contributed by atoms with van der Waals surface area (Å²) in [6, 6.07) is -1.21. The van der Waals surface area contributed by atoms with Gasteiger partial charge in [0.2, 0.25) is 0 Å². The van der Waals surface area contributed by atoms with Crippen molar-refractivity contribution in [3.8, 4) is 0 Å². The van der Waals surface area contributed by atoms with E-state index in [4.69, 9.17) is 0 Å². The molecule has 1 aromatic rings. The lowest BCUT2D eigenvalue weighted by Gasteiger charge is -2.28. The fourth-order valence-corrected chi connectivity index (χ4v) is 4.92. The smallest absolute Gasteiger partial charge is 0.271 e. The second kappa shape index (κ2) is 13.4. The normalized spacial score (nSPS) is 27.4. The highest BCUT2D eigenvalue weighted by atomic mass is 16.3. The molecular weight excluding hydrogens is 456 g/mol. The molecule has 2 aliphatic rings. The van der Waals surface area contributed by atoms with Crippen LogP contribution in [-0.2, 0) is 17.8 Å². The van der Waals surface area contributed by atoms with Crippen LogP contribution in [0.1, 0.15) is 69.7 Å². The Morgan fingerprint density at radius 1 is 1.20 bits per heavy atom. The van der Waals surface area contributed by atoms with Crippen LogP contribution in [0.5, 0.6) is 0 Å². The number of unbranched alkanes of at least 4 members (excludes halogenated alkanes) is 2. The van der Waals surface area contributed by atoms with E-state index < -0.39 is 42.4 Å². The van der Waals surface area contributed by atoms with E-state index in [-0.39, 0.29) is 19.1 Å². The van der Waals surface area contributed by atoms with Crippen molar-refractivity contribution in [2.45, 2.75) is 108 Å². The lowest BCUT2D eigenvalue weighted by Crippen LogP contribution is -2.44. The maximum absolute atomic E-state index is 12.4. The molecule has 1 aliphatic carbocycles. The van der Waals surface area contributed by atoms with Gasteiger partial charge in [0, 0.05) is 0 Å². The highest BCUT2D eigenvalue weighted by molar-refractivity contribution is 5.84. The topological polar surface area (TPSA) is 185 Å². The van der Waals surface area contributed by atoms with Gasteiger partial charge in [0.05, 0.1) is 55.5 Å². The highest BCUT2D eigenvalue weighted by Gasteiger charge is 2.41. The maximum Gasteiger partial charge on any atom is 0.271 e. The Labute approximate surface area is 205 Å². The summed E-state index contributed by atoms with van der Waals surface area (Å²) < 4.78 is 1.53. The highest BCUT2D eigenvalue weighted by Crippen LogP contribution is 2.27. The van der Waals surface area contributed by atoms with Crippen LogP contribution in [0.25, 0.3) is 0 Å². The van der Waals surface area contributed by atoms with Gasteiger partial charge >= 0.3 is 0 Å². The van der Waals surface area contributed by atoms with Crippen molar-refractivity contribution in [2.75, 3.05) is 6.61 Å². The molecular formula is C23H40N6O6. The summed E-state index contributed by atoms with van der Waals surface area (Å²) in [5.74, 6) is -0.889. The van der Waals surface area contributed by atoms with Gasteiger partial charge in [-0.2, -0.15) is 5.10 Å². The van der Waals surface area contributed by atoms with Gasteiger partial charge in [-0.25, -0.2) is 10.1 Å². The molecule has 1 saturated heterocycles. The van der Waals surface area contributed by atoms with Crippen LogP contribution in [0.4, 0.5) is 0 Å². The Morgan fingerprint density at radius 2 is 1.91 bits per heavy atom. The van der Waals surface area contributed by atoms with Crippen molar-refractivity contribution >= 4 is 12.1 Å². The average Bonchev–Trinajstić information content (AvgIpc) is 3.38. The Bertz CT molecular complexity index is 829. The number of aliphatic hydroxyl groups is 5. The third kappa shape index (κ3) is 7.05. The van der Waals surface area contributed by atoms with E-state index in [2.05, 4.69) is 33.1 Å². The van der Waals surface area contributed by atoms with Gasteiger partial charge in [0.15, 0.2) is 6.10 Å². The predicted molar refractivity (Wildman–Crippen MR) is 127 cm³/mol. The van der Waals surface area contributed by atoms with Crippen molar-refractivity contribution < 1.29 is 30.3 Å². The molecule has 1 amide bonds. The van der Waals surface area contributed by atoms with Crippen LogP contribution in [-0.4, -0.2) is 95.8 Å². The number of nitrogens with one attached hydrogen (secondary N) is 2. The molecule has 0 bridgehead atoms. The van der Waals surface area contributed by atoms with Gasteiger partial charge in [0.1, 0.15) is 5.69 Å². The van der Waals surface area contributed by atoms with E-state index in [0.29, 0.717) is 17.8 Å². The quantitative estimate of drug-likeness (QED) is 0.106. The van der Waals surface area contributed by atoms with Gasteiger partial charge in [-0.1, -0.05) is 44.2 Å². The number of nitrogens with zero attached hydrogens (tertiary/aromatic N) is 4. The third-order valence-electron chi connectivity index (χ3n) is 7.12. The third-order valence-corrected chi connectivity index (χ3v) is 7.12. The van der Waals surface area contributed by atoms with Gasteiger partial charge in [-0.05, 0) is 31.6 Å². The van der Waals surface area contributed by atoms with Crippen molar-refractivity contribution in [1.82, 2.24) is 25.7 Å². The summed E-state index contributed by atoms with van der Waals surface area (Å²) in [6.07, 6.45) is 4.70. The van der Waals surface area contributed by atoms with E-state index >= 15 is 0 Å². The van der Waals surface area contributed by atoms with Gasteiger partial charge in [0.25, 0.3) is 5.91 Å². The van der Waals surface area contributed by atoms with Crippen LogP contribution in [0, 0.1) is 5.92 Å². The van der Waals surface area contributed by atoms with Gasteiger partial charge in [-0.3, -0.25) is 4.79 Å². The molecule has 1 aliphatic heterocycles. The zero-order valence-corrected chi connectivity index (χ0v) is 20.3. The Balaban J connectivity index is 1.67. The van der Waals surface area contributed by atoms with E-state index in [0.717, 1.165) is 51.4 Å². The number of aliphatic hydroxyl groups excluding tert-OH is 5. The molecule has 0 unspecified atom stereocenters. The summed E-state index contributed by atoms with van der Waals surface area (Å²) in [7, 11) is 0. The number of carbonyl (C=O) groups excluding carboxylic acids is 1. The number of hydrogen-bond donors (Lipinski definition) is 7. The number of aryl methyl sites for hydroxylation is 1. The number of hydrogen-bond acceptors (Lipinski definition) is 10. The largest absolute Gasteiger partial charge is 0.395 e. The summed E-state index contributed by atoms with van der Waals surface area (Å²) in [6.45, 7) is 1.94. The number of carbonyl (C=O) groups is 1. The first-order valence-corrected chi connectivity index (χ1v) is 12.7. The Kier molecular flexibility index (Phi) is 10.6. The molecule has 0 radical (unpaired) electrons. The Hall–Kier alpha value is -1.96. The number of amides is 1. The molecule has 35 heavy (non-hydrogen) atoms. The van der Waals surface area contributed by atoms with E-state index in [1.165, 1.54) is 10.9 Å². The fraction of sp³-hybridized carbons (Fsp3) is 0.826. The minimum atomic E-state index is -1.57. The van der Waals surface area contributed by atoms with E-state index in [9.17, 15) is 30.3 Å². The SMILES string of the molecule is CCCCCc1nnn(C[C@H]2N[C@H](CO)[C@@H](O)[C@@H]2O)c1/C=N/NC(=O)[C@@H](O)[C@H](O)C1CCCCC1. The lowest BCUT2D eigenvalue weighted by molar-refractivity contribution is -0.138. The summed E-state index contributed by atoms with van der Waals surface area (Å²) in [5.41, 5.74) is 3.50. The zero-order chi connectivity index (χ0) is 25.4. The number of rotatable bonds is 12. The second-order valence-electron chi connectivity index (χ2n) is 9.67. The molecule has 7 N–H and O–H groups in total. The van der Waals surface area contributed by atoms with Gasteiger partial charge < -0.3 is 30.8 Å². The number of hydrazone groups is 1. The number of aromatic nitrogens is 3. The van der Waals surface area contributed by atoms with Crippen LogP contribution < -0.4 is 10.7 Å². The molecule has 198 valence electrons. The second-order valence-corrected chi connectivity index (χ2v) is 9.67. The fourth-order valence-electron chi connectivity index (χ4n) is 4.92. The molecule has 6 atom stereocenters. The van der Waals surface area contributed by atoms with Crippen LogP contribution >= 0.6 is 0 Å². The first-order chi connectivity index (χ1) is 16.9. The van der Waals surface area contributed by atoms with Crippen molar-refractivity contribution in [1.29, 1.82) is 0 Å². The van der Waals surface area contributed by atoms with Crippen LogP contribution in [0.3, 0.4) is 0 Å². The monoisotopic (exact) mass is 496 g/mol. The van der Waals surface area contributed by atoms with Crippen LogP contribution in [0.2, 0.25) is 0 Å². The van der Waals surface area contributed by atoms with Crippen LogP contribution in [0.15, 0.2) is 5.10 Å². The first kappa shape index (κ1) is 27.6. The predicted octanol–water partition coefficient (Wildman–Crippen LogP) is -1.18. The summed E-state index contributed by atoms with van der Waals surface area (Å²) in [4.78, 5) is 12.4. The van der Waals surface area contributed by atoms with Crippen molar-refractivity contribution in [3.63, 3.8) is 0 Å². The maximum atomic E-state index is 12.4. The molecule has 3 rings (SSSR count). The molecule has 0 aromatic carbocycles. The molecule has 2 heterocycles. The molecule has 1 aromatic heterocycles. The van der Waals surface area contributed by atoms with E-state index in [1.807, 2.05) is 0 Å². The lowest BCUT2D eigenvalue weighted by atomic mass is 9.83. The average molecular weight is 497 g/mol. The zero-order valence-electron chi connectivity index (χ0n) is 20.3. The van der Waals surface area contributed by atoms with Crippen molar-refractivity contribution in [3.05, 3.63) is 11.4 Å². The summed E-state index contributed by atoms with van der Waals surface area (Å²) in [5, 5.41) is 65.9. The van der Waals surface area contributed by atoms with E-state index in [1.54, 1.807) is 0 Å². The molecule has 12 nitrogen and oxygen atoms in total. The van der Waals surface area contributed by atoms with Gasteiger partial charge in [-0.15, -0.1) is 5.10 Å². The Morgan fingerprint density at radius 3 is 2.57 bits per heavy atom. The molecule has 12 heteroatoms. The minimum absolute atomic E-state index is 0.104. The molecule has 1 saturated carbocycles. The molecule has 0 spiro atoms. The molecule has 2 fully saturated rings. The van der Waals surface area contributed by atoms with Crippen molar-refractivity contribution in [2.24, 2.45) is 11.0 Å².